The second-order valence-corrected chi connectivity index (χ2v) is 6.04. The maximum Gasteiger partial charge on any atom is 0.112 e. The monoisotopic (exact) mass is 289 g/mol. The summed E-state index contributed by atoms with van der Waals surface area (Å²) in [6.45, 7) is 2.97. The molecule has 1 aliphatic rings. The molecule has 0 spiro atoms. The molecule has 0 amide bonds. The number of aryl methyl sites for hydroxylation is 1. The van der Waals surface area contributed by atoms with Crippen molar-refractivity contribution in [3.8, 4) is 11.4 Å². The van der Waals surface area contributed by atoms with Crippen LogP contribution in [-0.2, 0) is 6.54 Å². The fourth-order valence-corrected chi connectivity index (χ4v) is 2.87. The van der Waals surface area contributed by atoms with Gasteiger partial charge in [-0.15, -0.1) is 0 Å². The van der Waals surface area contributed by atoms with Crippen molar-refractivity contribution >= 4 is 0 Å². The maximum atomic E-state index is 4.90. The van der Waals surface area contributed by atoms with Gasteiger partial charge >= 0.3 is 0 Å². The maximum absolute atomic E-state index is 4.90. The Labute approximate surface area is 130 Å². The van der Waals surface area contributed by atoms with Crippen LogP contribution in [0.15, 0.2) is 54.9 Å². The zero-order chi connectivity index (χ0) is 14.9. The Kier molecular flexibility index (Phi) is 3.26. The number of aromatic nitrogens is 3. The lowest BCUT2D eigenvalue weighted by Gasteiger charge is -2.06. The van der Waals surface area contributed by atoms with Crippen molar-refractivity contribution in [3.05, 3.63) is 71.8 Å². The van der Waals surface area contributed by atoms with Crippen LogP contribution in [0.25, 0.3) is 11.4 Å². The molecule has 110 valence electrons. The highest BCUT2D eigenvalue weighted by Crippen LogP contribution is 2.40. The average molecular weight is 289 g/mol. The van der Waals surface area contributed by atoms with Gasteiger partial charge in [0.25, 0.3) is 0 Å². The Hall–Kier alpha value is -2.42. The van der Waals surface area contributed by atoms with E-state index < -0.39 is 0 Å². The minimum atomic E-state index is 0.626. The third-order valence-electron chi connectivity index (χ3n) is 4.20. The summed E-state index contributed by atoms with van der Waals surface area (Å²) < 4.78 is 2.30. The van der Waals surface area contributed by atoms with Gasteiger partial charge in [-0.25, -0.2) is 4.98 Å². The zero-order valence-electron chi connectivity index (χ0n) is 12.7. The smallest absolute Gasteiger partial charge is 0.112 e. The normalized spacial score (nSPS) is 14.2. The second-order valence-electron chi connectivity index (χ2n) is 6.04. The van der Waals surface area contributed by atoms with Crippen molar-refractivity contribution in [2.24, 2.45) is 0 Å². The van der Waals surface area contributed by atoms with E-state index >= 15 is 0 Å². The lowest BCUT2D eigenvalue weighted by atomic mass is 10.2. The van der Waals surface area contributed by atoms with Gasteiger partial charge in [0.1, 0.15) is 11.5 Å². The van der Waals surface area contributed by atoms with Gasteiger partial charge in [0, 0.05) is 24.9 Å². The number of pyridine rings is 1. The van der Waals surface area contributed by atoms with Crippen LogP contribution in [0, 0.1) is 6.92 Å². The minimum absolute atomic E-state index is 0.626. The standard InChI is InChI=1S/C19H19N3/c1-14-6-5-11-20-18(14)17-13-22(19(21-17)16-9-10-16)12-15-7-3-2-4-8-15/h2-8,11,13,16H,9-10,12H2,1H3. The summed E-state index contributed by atoms with van der Waals surface area (Å²) in [5.41, 5.74) is 4.48. The highest BCUT2D eigenvalue weighted by Gasteiger charge is 2.29. The SMILES string of the molecule is Cc1cccnc1-c1cn(Cc2ccccc2)c(C2CC2)n1. The third-order valence-corrected chi connectivity index (χ3v) is 4.20. The van der Waals surface area contributed by atoms with Crippen molar-refractivity contribution in [1.82, 2.24) is 14.5 Å². The molecular formula is C19H19N3. The van der Waals surface area contributed by atoms with Crippen molar-refractivity contribution in [3.63, 3.8) is 0 Å². The summed E-state index contributed by atoms with van der Waals surface area (Å²) >= 11 is 0. The van der Waals surface area contributed by atoms with Crippen LogP contribution in [0.5, 0.6) is 0 Å². The molecule has 0 aliphatic heterocycles. The Morgan fingerprint density at radius 2 is 1.91 bits per heavy atom. The first-order chi connectivity index (χ1) is 10.8. The van der Waals surface area contributed by atoms with Gasteiger partial charge < -0.3 is 4.57 Å². The van der Waals surface area contributed by atoms with Gasteiger partial charge in [-0.3, -0.25) is 4.98 Å². The Bertz CT molecular complexity index is 785. The summed E-state index contributed by atoms with van der Waals surface area (Å²) in [7, 11) is 0. The molecular weight excluding hydrogens is 270 g/mol. The quantitative estimate of drug-likeness (QED) is 0.721. The van der Waals surface area contributed by atoms with E-state index in [9.17, 15) is 0 Å². The van der Waals surface area contributed by atoms with Gasteiger partial charge in [0.2, 0.25) is 0 Å². The minimum Gasteiger partial charge on any atom is -0.330 e. The van der Waals surface area contributed by atoms with E-state index in [0.717, 1.165) is 17.9 Å². The zero-order valence-corrected chi connectivity index (χ0v) is 12.7. The Balaban J connectivity index is 1.73. The molecule has 0 bridgehead atoms. The Morgan fingerprint density at radius 3 is 2.64 bits per heavy atom. The lowest BCUT2D eigenvalue weighted by molar-refractivity contribution is 0.726. The molecule has 1 aromatic carbocycles. The number of rotatable bonds is 4. The molecule has 0 unspecified atom stereocenters. The van der Waals surface area contributed by atoms with Crippen LogP contribution in [0.1, 0.15) is 35.7 Å². The fraction of sp³-hybridized carbons (Fsp3) is 0.263. The molecule has 1 saturated carbocycles. The van der Waals surface area contributed by atoms with Crippen LogP contribution in [0.4, 0.5) is 0 Å². The van der Waals surface area contributed by atoms with E-state index in [2.05, 4.69) is 59.1 Å². The van der Waals surface area contributed by atoms with E-state index in [1.165, 1.54) is 29.8 Å². The topological polar surface area (TPSA) is 30.7 Å². The summed E-state index contributed by atoms with van der Waals surface area (Å²) in [6.07, 6.45) is 6.52. The van der Waals surface area contributed by atoms with E-state index in [0.29, 0.717) is 5.92 Å². The van der Waals surface area contributed by atoms with E-state index in [1.807, 2.05) is 12.3 Å². The lowest BCUT2D eigenvalue weighted by Crippen LogP contribution is -2.02. The average Bonchev–Trinajstić information content (AvgIpc) is 3.31. The molecule has 2 heterocycles. The first kappa shape index (κ1) is 13.3. The van der Waals surface area contributed by atoms with Gasteiger partial charge in [-0.05, 0) is 37.0 Å². The second kappa shape index (κ2) is 5.41. The summed E-state index contributed by atoms with van der Waals surface area (Å²) in [4.78, 5) is 9.41. The largest absolute Gasteiger partial charge is 0.330 e. The molecule has 0 atom stereocenters. The summed E-state index contributed by atoms with van der Waals surface area (Å²) in [5, 5.41) is 0. The van der Waals surface area contributed by atoms with Crippen LogP contribution >= 0.6 is 0 Å². The predicted molar refractivity (Wildman–Crippen MR) is 87.7 cm³/mol. The summed E-state index contributed by atoms with van der Waals surface area (Å²) in [5.74, 6) is 1.84. The van der Waals surface area contributed by atoms with Gasteiger partial charge in [-0.1, -0.05) is 36.4 Å². The highest BCUT2D eigenvalue weighted by atomic mass is 15.1. The van der Waals surface area contributed by atoms with Crippen molar-refractivity contribution in [2.75, 3.05) is 0 Å². The number of hydrogen-bond donors (Lipinski definition) is 0. The molecule has 4 rings (SSSR count). The molecule has 1 aliphatic carbocycles. The number of nitrogens with zero attached hydrogens (tertiary/aromatic N) is 3. The third kappa shape index (κ3) is 2.54. The predicted octanol–water partition coefficient (Wildman–Crippen LogP) is 4.18. The van der Waals surface area contributed by atoms with Crippen molar-refractivity contribution < 1.29 is 0 Å². The first-order valence-electron chi connectivity index (χ1n) is 7.84. The molecule has 3 heteroatoms. The molecule has 2 aromatic heterocycles. The van der Waals surface area contributed by atoms with Crippen LogP contribution in [0.3, 0.4) is 0 Å². The highest BCUT2D eigenvalue weighted by molar-refractivity contribution is 5.58. The molecule has 0 saturated heterocycles. The molecule has 3 aromatic rings. The van der Waals surface area contributed by atoms with E-state index in [1.54, 1.807) is 0 Å². The number of hydrogen-bond acceptors (Lipinski definition) is 2. The van der Waals surface area contributed by atoms with Crippen molar-refractivity contribution in [2.45, 2.75) is 32.2 Å². The van der Waals surface area contributed by atoms with Gasteiger partial charge in [0.05, 0.1) is 5.69 Å². The van der Waals surface area contributed by atoms with E-state index in [-0.39, 0.29) is 0 Å². The van der Waals surface area contributed by atoms with E-state index in [4.69, 9.17) is 4.98 Å². The molecule has 22 heavy (non-hydrogen) atoms. The molecule has 0 N–H and O–H groups in total. The molecule has 3 nitrogen and oxygen atoms in total. The molecule has 1 fully saturated rings. The van der Waals surface area contributed by atoms with Gasteiger partial charge in [0.15, 0.2) is 0 Å². The first-order valence-corrected chi connectivity index (χ1v) is 7.84. The van der Waals surface area contributed by atoms with Crippen LogP contribution in [0.2, 0.25) is 0 Å². The molecule has 0 radical (unpaired) electrons. The number of benzene rings is 1. The fourth-order valence-electron chi connectivity index (χ4n) is 2.87. The number of imidazole rings is 1. The summed E-state index contributed by atoms with van der Waals surface area (Å²) in [6, 6.07) is 14.6. The van der Waals surface area contributed by atoms with Crippen LogP contribution < -0.4 is 0 Å². The van der Waals surface area contributed by atoms with Crippen molar-refractivity contribution in [1.29, 1.82) is 0 Å². The van der Waals surface area contributed by atoms with Crippen LogP contribution in [-0.4, -0.2) is 14.5 Å². The Morgan fingerprint density at radius 1 is 1.09 bits per heavy atom. The van der Waals surface area contributed by atoms with Gasteiger partial charge in [-0.2, -0.15) is 0 Å².